The summed E-state index contributed by atoms with van der Waals surface area (Å²) in [7, 11) is 1.70. The molecule has 0 aromatic carbocycles. The van der Waals surface area contributed by atoms with E-state index in [1.165, 1.54) is 6.07 Å². The maximum Gasteiger partial charge on any atom is 0.311 e. The van der Waals surface area contributed by atoms with E-state index in [1.807, 2.05) is 0 Å². The fourth-order valence-corrected chi connectivity index (χ4v) is 1.73. The molecule has 2 N–H and O–H groups in total. The van der Waals surface area contributed by atoms with E-state index in [0.717, 1.165) is 0 Å². The molecule has 0 aliphatic carbocycles. The predicted octanol–water partition coefficient (Wildman–Crippen LogP) is 0.859. The molecule has 0 spiro atoms. The third-order valence-electron chi connectivity index (χ3n) is 2.71. The molecule has 8 heteroatoms. The van der Waals surface area contributed by atoms with Gasteiger partial charge in [0.1, 0.15) is 5.82 Å². The molecule has 0 radical (unpaired) electrons. The predicted molar refractivity (Wildman–Crippen MR) is 69.5 cm³/mol. The molecule has 19 heavy (non-hydrogen) atoms. The van der Waals surface area contributed by atoms with E-state index in [2.05, 4.69) is 15.6 Å². The normalized spacial score (nSPS) is 18.9. The lowest BCUT2D eigenvalue weighted by Gasteiger charge is -2.23. The largest absolute Gasteiger partial charge is 0.376 e. The van der Waals surface area contributed by atoms with Crippen molar-refractivity contribution in [1.82, 2.24) is 4.98 Å². The van der Waals surface area contributed by atoms with Crippen LogP contribution in [0.5, 0.6) is 0 Å². The van der Waals surface area contributed by atoms with Crippen molar-refractivity contribution < 1.29 is 14.4 Å². The third kappa shape index (κ3) is 3.52. The van der Waals surface area contributed by atoms with Gasteiger partial charge in [0.15, 0.2) is 0 Å². The number of hydrogen-bond donors (Lipinski definition) is 2. The summed E-state index contributed by atoms with van der Waals surface area (Å²) in [6, 6.07) is 2.98. The van der Waals surface area contributed by atoms with Gasteiger partial charge in [-0.25, -0.2) is 4.98 Å². The number of aromatic nitrogens is 1. The van der Waals surface area contributed by atoms with Crippen LogP contribution in [0.4, 0.5) is 17.3 Å². The van der Waals surface area contributed by atoms with Crippen LogP contribution in [0.2, 0.25) is 0 Å². The number of rotatable bonds is 5. The van der Waals surface area contributed by atoms with Gasteiger partial charge in [0, 0.05) is 19.7 Å². The van der Waals surface area contributed by atoms with Gasteiger partial charge in [-0.3, -0.25) is 10.1 Å². The van der Waals surface area contributed by atoms with Gasteiger partial charge in [0.25, 0.3) is 0 Å². The lowest BCUT2D eigenvalue weighted by atomic mass is 10.3. The van der Waals surface area contributed by atoms with Crippen molar-refractivity contribution in [3.05, 3.63) is 22.2 Å². The molecule has 1 saturated heterocycles. The number of nitrogens with one attached hydrogen (secondary N) is 2. The van der Waals surface area contributed by atoms with Crippen LogP contribution in [0.1, 0.15) is 0 Å². The van der Waals surface area contributed by atoms with Crippen LogP contribution in [-0.2, 0) is 9.47 Å². The van der Waals surface area contributed by atoms with Crippen LogP contribution >= 0.6 is 0 Å². The molecule has 1 aliphatic rings. The minimum absolute atomic E-state index is 0.0595. The number of pyridine rings is 1. The van der Waals surface area contributed by atoms with E-state index >= 15 is 0 Å². The first-order valence-corrected chi connectivity index (χ1v) is 5.97. The summed E-state index contributed by atoms with van der Waals surface area (Å²) >= 11 is 0. The number of nitro groups is 1. The molecule has 1 aliphatic heterocycles. The Morgan fingerprint density at radius 2 is 2.37 bits per heavy atom. The number of nitrogens with zero attached hydrogens (tertiary/aromatic N) is 2. The van der Waals surface area contributed by atoms with Crippen LogP contribution in [0.15, 0.2) is 12.1 Å². The Hall–Kier alpha value is -1.93. The second-order valence-electron chi connectivity index (χ2n) is 4.02. The average molecular weight is 268 g/mol. The summed E-state index contributed by atoms with van der Waals surface area (Å²) in [5, 5.41) is 16.7. The zero-order valence-corrected chi connectivity index (χ0v) is 10.6. The molecule has 1 fully saturated rings. The maximum atomic E-state index is 10.9. The molecule has 2 heterocycles. The van der Waals surface area contributed by atoms with Gasteiger partial charge in [-0.1, -0.05) is 0 Å². The monoisotopic (exact) mass is 268 g/mol. The minimum Gasteiger partial charge on any atom is -0.376 e. The molecular weight excluding hydrogens is 252 g/mol. The van der Waals surface area contributed by atoms with Crippen molar-refractivity contribution in [2.45, 2.75) is 6.10 Å². The topological polar surface area (TPSA) is 98.6 Å². The second kappa shape index (κ2) is 6.30. The summed E-state index contributed by atoms with van der Waals surface area (Å²) < 4.78 is 10.7. The SMILES string of the molecule is CNc1ccc([N+](=O)[O-])c(NCC2COCCO2)n1. The van der Waals surface area contributed by atoms with Crippen LogP contribution in [-0.4, -0.2) is 49.4 Å². The molecule has 1 aromatic rings. The molecule has 0 amide bonds. The highest BCUT2D eigenvalue weighted by Crippen LogP contribution is 2.23. The van der Waals surface area contributed by atoms with Gasteiger partial charge in [-0.05, 0) is 6.07 Å². The zero-order chi connectivity index (χ0) is 13.7. The summed E-state index contributed by atoms with van der Waals surface area (Å²) in [5.41, 5.74) is -0.0595. The molecule has 1 aromatic heterocycles. The highest BCUT2D eigenvalue weighted by atomic mass is 16.6. The van der Waals surface area contributed by atoms with E-state index in [0.29, 0.717) is 32.2 Å². The Morgan fingerprint density at radius 3 is 3.00 bits per heavy atom. The van der Waals surface area contributed by atoms with Crippen LogP contribution in [0.3, 0.4) is 0 Å². The molecule has 0 bridgehead atoms. The minimum atomic E-state index is -0.465. The van der Waals surface area contributed by atoms with Crippen LogP contribution in [0, 0.1) is 10.1 Å². The molecule has 2 rings (SSSR count). The van der Waals surface area contributed by atoms with Gasteiger partial charge in [0.05, 0.1) is 30.8 Å². The van der Waals surface area contributed by atoms with Crippen molar-refractivity contribution in [3.8, 4) is 0 Å². The van der Waals surface area contributed by atoms with Gasteiger partial charge in [0.2, 0.25) is 5.82 Å². The van der Waals surface area contributed by atoms with Crippen molar-refractivity contribution in [2.24, 2.45) is 0 Å². The van der Waals surface area contributed by atoms with E-state index in [4.69, 9.17) is 9.47 Å². The standard InChI is InChI=1S/C11H16N4O4/c1-12-10-3-2-9(15(16)17)11(14-10)13-6-8-7-18-4-5-19-8/h2-3,8H,4-7H2,1H3,(H2,12,13,14). The zero-order valence-electron chi connectivity index (χ0n) is 10.6. The fourth-order valence-electron chi connectivity index (χ4n) is 1.73. The summed E-state index contributed by atoms with van der Waals surface area (Å²) in [5.74, 6) is 0.792. The first kappa shape index (κ1) is 13.5. The highest BCUT2D eigenvalue weighted by Gasteiger charge is 2.19. The van der Waals surface area contributed by atoms with Crippen molar-refractivity contribution in [1.29, 1.82) is 0 Å². The highest BCUT2D eigenvalue weighted by molar-refractivity contribution is 5.60. The third-order valence-corrected chi connectivity index (χ3v) is 2.71. The van der Waals surface area contributed by atoms with E-state index in [9.17, 15) is 10.1 Å². The Morgan fingerprint density at radius 1 is 1.53 bits per heavy atom. The van der Waals surface area contributed by atoms with Crippen LogP contribution < -0.4 is 10.6 Å². The smallest absolute Gasteiger partial charge is 0.311 e. The Labute approximate surface area is 110 Å². The molecule has 1 unspecified atom stereocenters. The molecule has 1 atom stereocenters. The van der Waals surface area contributed by atoms with E-state index < -0.39 is 4.92 Å². The lowest BCUT2D eigenvalue weighted by molar-refractivity contribution is -0.384. The van der Waals surface area contributed by atoms with Crippen molar-refractivity contribution >= 4 is 17.3 Å². The van der Waals surface area contributed by atoms with Crippen LogP contribution in [0.25, 0.3) is 0 Å². The second-order valence-corrected chi connectivity index (χ2v) is 4.02. The Balaban J connectivity index is 2.06. The Bertz CT molecular complexity index is 448. The van der Waals surface area contributed by atoms with E-state index in [1.54, 1.807) is 13.1 Å². The van der Waals surface area contributed by atoms with E-state index in [-0.39, 0.29) is 17.6 Å². The quantitative estimate of drug-likeness (QED) is 0.603. The molecule has 0 saturated carbocycles. The number of anilines is 2. The molecule has 8 nitrogen and oxygen atoms in total. The average Bonchev–Trinajstić information content (AvgIpc) is 2.45. The summed E-state index contributed by atoms with van der Waals surface area (Å²) in [6.07, 6.45) is -0.117. The van der Waals surface area contributed by atoms with Crippen molar-refractivity contribution in [3.63, 3.8) is 0 Å². The van der Waals surface area contributed by atoms with Gasteiger partial charge >= 0.3 is 5.69 Å². The fraction of sp³-hybridized carbons (Fsp3) is 0.545. The lowest BCUT2D eigenvalue weighted by Crippen LogP contribution is -2.34. The van der Waals surface area contributed by atoms with Gasteiger partial charge in [-0.2, -0.15) is 0 Å². The van der Waals surface area contributed by atoms with Gasteiger partial charge in [-0.15, -0.1) is 0 Å². The number of ether oxygens (including phenoxy) is 2. The Kier molecular flexibility index (Phi) is 4.48. The molecular formula is C11H16N4O4. The summed E-state index contributed by atoms with van der Waals surface area (Å²) in [6.45, 7) is 2.02. The van der Waals surface area contributed by atoms with Crippen molar-refractivity contribution in [2.75, 3.05) is 44.0 Å². The summed E-state index contributed by atoms with van der Waals surface area (Å²) in [4.78, 5) is 14.6. The maximum absolute atomic E-state index is 10.9. The molecule has 104 valence electrons. The van der Waals surface area contributed by atoms with Gasteiger partial charge < -0.3 is 20.1 Å². The first-order chi connectivity index (χ1) is 9.20. The number of hydrogen-bond acceptors (Lipinski definition) is 7. The first-order valence-electron chi connectivity index (χ1n) is 5.97.